The minimum Gasteiger partial charge on any atom is -0.289 e. The van der Waals surface area contributed by atoms with Gasteiger partial charge in [0.2, 0.25) is 5.16 Å². The quantitative estimate of drug-likeness (QED) is 0.651. The molecule has 1 N–H and O–H groups in total. The number of hydrogen-bond donors (Lipinski definition) is 1. The van der Waals surface area contributed by atoms with Gasteiger partial charge < -0.3 is 0 Å². The van der Waals surface area contributed by atoms with Crippen LogP contribution in [0.5, 0.6) is 0 Å². The van der Waals surface area contributed by atoms with Crippen LogP contribution in [0.3, 0.4) is 0 Å². The predicted molar refractivity (Wildman–Crippen MR) is 97.8 cm³/mol. The number of halogens is 2. The van der Waals surface area contributed by atoms with Crippen LogP contribution in [-0.2, 0) is 0 Å². The van der Waals surface area contributed by atoms with E-state index >= 15 is 0 Å². The van der Waals surface area contributed by atoms with Crippen molar-refractivity contribution >= 4 is 45.0 Å². The van der Waals surface area contributed by atoms with Gasteiger partial charge in [-0.2, -0.15) is 0 Å². The summed E-state index contributed by atoms with van der Waals surface area (Å²) in [6, 6.07) is 15.7. The van der Waals surface area contributed by atoms with E-state index in [2.05, 4.69) is 43.7 Å². The molecule has 0 radical (unpaired) electrons. The molecule has 0 spiro atoms. The fourth-order valence-corrected chi connectivity index (χ4v) is 3.64. The minimum atomic E-state index is 0.672. The lowest BCUT2D eigenvalue weighted by atomic mass is 10.2. The minimum absolute atomic E-state index is 0.672. The Balaban J connectivity index is 1.73. The summed E-state index contributed by atoms with van der Waals surface area (Å²) in [7, 11) is 0. The van der Waals surface area contributed by atoms with Crippen molar-refractivity contribution in [3.63, 3.8) is 0 Å². The Kier molecular flexibility index (Phi) is 3.88. The number of hydrogen-bond acceptors (Lipinski definition) is 4. The van der Waals surface area contributed by atoms with E-state index in [0.717, 1.165) is 32.3 Å². The van der Waals surface area contributed by atoms with Crippen molar-refractivity contribution in [2.75, 3.05) is 5.43 Å². The van der Waals surface area contributed by atoms with Gasteiger partial charge in [0.25, 0.3) is 0 Å². The van der Waals surface area contributed by atoms with Crippen molar-refractivity contribution in [3.05, 3.63) is 69.0 Å². The number of aromatic nitrogens is 3. The van der Waals surface area contributed by atoms with E-state index in [0.29, 0.717) is 5.02 Å². The predicted octanol–water partition coefficient (Wildman–Crippen LogP) is 5.01. The molecule has 0 aliphatic carbocycles. The molecule has 0 saturated heterocycles. The first-order valence-electron chi connectivity index (χ1n) is 6.82. The largest absolute Gasteiger partial charge is 0.289 e. The molecule has 0 atom stereocenters. The summed E-state index contributed by atoms with van der Waals surface area (Å²) < 4.78 is 2.92. The van der Waals surface area contributed by atoms with Crippen LogP contribution >= 0.6 is 39.3 Å². The lowest BCUT2D eigenvalue weighted by Crippen LogP contribution is -2.18. The van der Waals surface area contributed by atoms with Crippen LogP contribution in [-0.4, -0.2) is 14.9 Å². The third kappa shape index (κ3) is 2.89. The SMILES string of the molecule is Clc1cccc(-c2nnc3n2NC(c2cccc(Br)c2)=CS3)c1. The Morgan fingerprint density at radius 1 is 1.04 bits per heavy atom. The highest BCUT2D eigenvalue weighted by atomic mass is 79.9. The zero-order valence-electron chi connectivity index (χ0n) is 11.7. The molecule has 1 aromatic heterocycles. The Bertz CT molecular complexity index is 922. The monoisotopic (exact) mass is 404 g/mol. The number of rotatable bonds is 2. The maximum atomic E-state index is 6.09. The third-order valence-corrected chi connectivity index (χ3v) is 4.92. The summed E-state index contributed by atoms with van der Waals surface area (Å²) in [6.45, 7) is 0. The molecular formula is C16H10BrClN4S. The number of thioether (sulfide) groups is 1. The highest BCUT2D eigenvalue weighted by molar-refractivity contribution is 9.10. The fraction of sp³-hybridized carbons (Fsp3) is 0. The average molecular weight is 406 g/mol. The standard InChI is InChI=1S/C16H10BrClN4S/c17-12-5-1-3-10(7-12)14-9-23-16-20-19-15(22(16)21-14)11-4-2-6-13(18)8-11/h1-9,21H. The lowest BCUT2D eigenvalue weighted by Gasteiger charge is -2.19. The van der Waals surface area contributed by atoms with E-state index in [1.807, 2.05) is 46.5 Å². The molecule has 0 saturated carbocycles. The molecule has 2 aromatic carbocycles. The van der Waals surface area contributed by atoms with Crippen LogP contribution in [0, 0.1) is 0 Å². The molecule has 1 aliphatic rings. The van der Waals surface area contributed by atoms with E-state index in [4.69, 9.17) is 11.6 Å². The molecule has 1 aliphatic heterocycles. The molecule has 114 valence electrons. The van der Waals surface area contributed by atoms with Gasteiger partial charge in [0.15, 0.2) is 5.82 Å². The second-order valence-corrected chi connectivity index (χ2v) is 7.11. The van der Waals surface area contributed by atoms with Crippen molar-refractivity contribution in [1.29, 1.82) is 0 Å². The maximum Gasteiger partial charge on any atom is 0.214 e. The zero-order chi connectivity index (χ0) is 15.8. The first-order chi connectivity index (χ1) is 11.2. The Morgan fingerprint density at radius 2 is 1.87 bits per heavy atom. The van der Waals surface area contributed by atoms with Crippen LogP contribution in [0.4, 0.5) is 0 Å². The normalized spacial score (nSPS) is 13.2. The van der Waals surface area contributed by atoms with Gasteiger partial charge in [0, 0.05) is 26.0 Å². The van der Waals surface area contributed by atoms with Gasteiger partial charge in [-0.3, -0.25) is 5.43 Å². The number of fused-ring (bicyclic) bond motifs is 1. The summed E-state index contributed by atoms with van der Waals surface area (Å²) in [5, 5.41) is 12.0. The van der Waals surface area contributed by atoms with Gasteiger partial charge in [-0.1, -0.05) is 63.6 Å². The van der Waals surface area contributed by atoms with Gasteiger partial charge in [-0.15, -0.1) is 10.2 Å². The summed E-state index contributed by atoms with van der Waals surface area (Å²) in [5.41, 5.74) is 6.37. The van der Waals surface area contributed by atoms with Crippen molar-refractivity contribution in [3.8, 4) is 11.4 Å². The molecule has 0 unspecified atom stereocenters. The second kappa shape index (κ2) is 6.03. The van der Waals surface area contributed by atoms with Crippen LogP contribution in [0.2, 0.25) is 5.02 Å². The van der Waals surface area contributed by atoms with Crippen LogP contribution < -0.4 is 5.43 Å². The summed E-state index contributed by atoms with van der Waals surface area (Å²) in [6.07, 6.45) is 0. The highest BCUT2D eigenvalue weighted by Crippen LogP contribution is 2.32. The van der Waals surface area contributed by atoms with Crippen molar-refractivity contribution in [2.45, 2.75) is 5.16 Å². The number of nitrogens with one attached hydrogen (secondary N) is 1. The molecule has 0 amide bonds. The summed E-state index contributed by atoms with van der Waals surface area (Å²) >= 11 is 11.1. The maximum absolute atomic E-state index is 6.09. The first-order valence-corrected chi connectivity index (χ1v) is 8.87. The Morgan fingerprint density at radius 3 is 2.70 bits per heavy atom. The van der Waals surface area contributed by atoms with Crippen LogP contribution in [0.25, 0.3) is 17.1 Å². The topological polar surface area (TPSA) is 42.7 Å². The van der Waals surface area contributed by atoms with Gasteiger partial charge >= 0.3 is 0 Å². The molecule has 23 heavy (non-hydrogen) atoms. The van der Waals surface area contributed by atoms with E-state index in [1.165, 1.54) is 11.8 Å². The Hall–Kier alpha value is -1.76. The van der Waals surface area contributed by atoms with Gasteiger partial charge in [0.1, 0.15) is 0 Å². The van der Waals surface area contributed by atoms with Gasteiger partial charge in [-0.05, 0) is 24.3 Å². The molecule has 7 heteroatoms. The van der Waals surface area contributed by atoms with Crippen LogP contribution in [0.1, 0.15) is 5.56 Å². The summed E-state index contributed by atoms with van der Waals surface area (Å²) in [5.74, 6) is 0.732. The molecule has 3 aromatic rings. The number of nitrogens with zero attached hydrogens (tertiary/aromatic N) is 3. The molecule has 4 nitrogen and oxygen atoms in total. The first kappa shape index (κ1) is 14.8. The van der Waals surface area contributed by atoms with Gasteiger partial charge in [-0.25, -0.2) is 4.68 Å². The van der Waals surface area contributed by atoms with Gasteiger partial charge in [0.05, 0.1) is 5.70 Å². The highest BCUT2D eigenvalue weighted by Gasteiger charge is 2.19. The summed E-state index contributed by atoms with van der Waals surface area (Å²) in [4.78, 5) is 0. The van der Waals surface area contributed by atoms with Crippen molar-refractivity contribution < 1.29 is 0 Å². The molecule has 0 bridgehead atoms. The number of benzene rings is 2. The van der Waals surface area contributed by atoms with E-state index in [-0.39, 0.29) is 0 Å². The average Bonchev–Trinajstić information content (AvgIpc) is 2.98. The smallest absolute Gasteiger partial charge is 0.214 e. The van der Waals surface area contributed by atoms with E-state index in [9.17, 15) is 0 Å². The van der Waals surface area contributed by atoms with E-state index in [1.54, 1.807) is 0 Å². The second-order valence-electron chi connectivity index (χ2n) is 4.92. The van der Waals surface area contributed by atoms with Crippen molar-refractivity contribution in [2.24, 2.45) is 0 Å². The lowest BCUT2D eigenvalue weighted by molar-refractivity contribution is 0.826. The zero-order valence-corrected chi connectivity index (χ0v) is 14.9. The molecule has 4 rings (SSSR count). The Labute approximate surface area is 150 Å². The molecular weight excluding hydrogens is 396 g/mol. The third-order valence-electron chi connectivity index (χ3n) is 3.37. The van der Waals surface area contributed by atoms with Crippen LogP contribution in [0.15, 0.2) is 63.6 Å². The van der Waals surface area contributed by atoms with Crippen molar-refractivity contribution in [1.82, 2.24) is 14.9 Å². The fourth-order valence-electron chi connectivity index (χ4n) is 2.31. The molecule has 0 fully saturated rings. The molecule has 2 heterocycles. The van der Waals surface area contributed by atoms with E-state index < -0.39 is 0 Å².